The molecule has 0 radical (unpaired) electrons. The van der Waals surface area contributed by atoms with Crippen LogP contribution in [-0.4, -0.2) is 47.3 Å². The Labute approximate surface area is 155 Å². The third kappa shape index (κ3) is 3.57. The molecule has 0 bridgehead atoms. The lowest BCUT2D eigenvalue weighted by Crippen LogP contribution is -2.57. The van der Waals surface area contributed by atoms with Crippen LogP contribution in [0.5, 0.6) is 0 Å². The van der Waals surface area contributed by atoms with Crippen molar-refractivity contribution in [3.8, 4) is 0 Å². The first-order valence-electron chi connectivity index (χ1n) is 10.0. The van der Waals surface area contributed by atoms with Crippen molar-refractivity contribution in [1.82, 2.24) is 9.80 Å². The molecule has 2 saturated heterocycles. The van der Waals surface area contributed by atoms with Crippen molar-refractivity contribution in [3.05, 3.63) is 35.8 Å². The number of hydrogen-bond donors (Lipinski definition) is 0. The summed E-state index contributed by atoms with van der Waals surface area (Å²) < 4.78 is 5.27. The van der Waals surface area contributed by atoms with Gasteiger partial charge in [-0.15, -0.1) is 0 Å². The number of hydrogen-bond acceptors (Lipinski definition) is 3. The van der Waals surface area contributed by atoms with Crippen LogP contribution in [0.25, 0.3) is 0 Å². The predicted octanol–water partition coefficient (Wildman–Crippen LogP) is 3.62. The fourth-order valence-corrected chi connectivity index (χ4v) is 4.78. The summed E-state index contributed by atoms with van der Waals surface area (Å²) in [5, 5.41) is 0. The van der Waals surface area contributed by atoms with Crippen molar-refractivity contribution in [2.45, 2.75) is 57.4 Å². The van der Waals surface area contributed by atoms with Gasteiger partial charge in [-0.3, -0.25) is 9.59 Å². The largest absolute Gasteiger partial charge is 0.459 e. The predicted molar refractivity (Wildman–Crippen MR) is 98.6 cm³/mol. The molecule has 3 heterocycles. The lowest BCUT2D eigenvalue weighted by atomic mass is 9.83. The Morgan fingerprint density at radius 1 is 1.23 bits per heavy atom. The van der Waals surface area contributed by atoms with E-state index in [-0.39, 0.29) is 5.91 Å². The van der Waals surface area contributed by atoms with Crippen LogP contribution in [0, 0.1) is 5.92 Å². The van der Waals surface area contributed by atoms with Gasteiger partial charge >= 0.3 is 0 Å². The Bertz CT molecular complexity index is 679. The average Bonchev–Trinajstić information content (AvgIpc) is 3.22. The summed E-state index contributed by atoms with van der Waals surface area (Å²) >= 11 is 0. The van der Waals surface area contributed by atoms with Crippen LogP contribution < -0.4 is 0 Å². The minimum absolute atomic E-state index is 0.0238. The van der Waals surface area contributed by atoms with E-state index in [1.54, 1.807) is 18.4 Å². The van der Waals surface area contributed by atoms with E-state index in [0.29, 0.717) is 36.6 Å². The number of allylic oxidation sites excluding steroid dienone is 1. The number of nitrogens with zero attached hydrogens (tertiary/aromatic N) is 2. The third-order valence-electron chi connectivity index (χ3n) is 6.22. The molecule has 2 fully saturated rings. The minimum Gasteiger partial charge on any atom is -0.459 e. The first-order valence-corrected chi connectivity index (χ1v) is 10.0. The zero-order chi connectivity index (χ0) is 17.9. The van der Waals surface area contributed by atoms with Crippen LogP contribution in [0.1, 0.15) is 61.9 Å². The monoisotopic (exact) mass is 356 g/mol. The maximum atomic E-state index is 12.6. The van der Waals surface area contributed by atoms with Gasteiger partial charge in [0.15, 0.2) is 5.76 Å². The molecule has 0 unspecified atom stereocenters. The molecule has 1 aliphatic carbocycles. The highest BCUT2D eigenvalue weighted by Gasteiger charge is 2.40. The van der Waals surface area contributed by atoms with E-state index in [9.17, 15) is 9.59 Å². The van der Waals surface area contributed by atoms with E-state index in [2.05, 4.69) is 11.0 Å². The third-order valence-corrected chi connectivity index (χ3v) is 6.22. The molecule has 2 aliphatic heterocycles. The highest BCUT2D eigenvalue weighted by Crippen LogP contribution is 2.33. The van der Waals surface area contributed by atoms with Gasteiger partial charge in [-0.1, -0.05) is 11.6 Å². The first-order chi connectivity index (χ1) is 12.7. The van der Waals surface area contributed by atoms with Crippen LogP contribution in [0.4, 0.5) is 0 Å². The number of furan rings is 1. The van der Waals surface area contributed by atoms with Gasteiger partial charge in [0.1, 0.15) is 0 Å². The number of fused-ring (bicyclic) bond motifs is 1. The number of carbonyl (C=O) groups is 2. The van der Waals surface area contributed by atoms with E-state index in [1.165, 1.54) is 31.3 Å². The molecule has 2 amide bonds. The number of carbonyl (C=O) groups excluding carboxylic acids is 2. The summed E-state index contributed by atoms with van der Waals surface area (Å²) in [5.41, 5.74) is 1.52. The summed E-state index contributed by atoms with van der Waals surface area (Å²) in [7, 11) is 0. The van der Waals surface area contributed by atoms with Gasteiger partial charge in [0, 0.05) is 32.1 Å². The Hall–Kier alpha value is -2.04. The lowest BCUT2D eigenvalue weighted by molar-refractivity contribution is -0.140. The molecule has 0 spiro atoms. The van der Waals surface area contributed by atoms with Crippen molar-refractivity contribution in [3.63, 3.8) is 0 Å². The van der Waals surface area contributed by atoms with Crippen LogP contribution >= 0.6 is 0 Å². The van der Waals surface area contributed by atoms with Crippen LogP contribution in [-0.2, 0) is 4.79 Å². The van der Waals surface area contributed by atoms with E-state index >= 15 is 0 Å². The SMILES string of the molecule is O=C(c1ccco1)N1CC[C@@H]2[C@@H](CCC(=O)N2CCC2=CCCCC2)C1. The molecule has 140 valence electrons. The van der Waals surface area contributed by atoms with Crippen molar-refractivity contribution >= 4 is 11.8 Å². The van der Waals surface area contributed by atoms with Gasteiger partial charge in [-0.25, -0.2) is 0 Å². The molecule has 0 saturated carbocycles. The fourth-order valence-electron chi connectivity index (χ4n) is 4.78. The summed E-state index contributed by atoms with van der Waals surface area (Å²) in [6.07, 6.45) is 12.3. The van der Waals surface area contributed by atoms with Crippen molar-refractivity contribution in [2.24, 2.45) is 5.92 Å². The van der Waals surface area contributed by atoms with Gasteiger partial charge in [-0.2, -0.15) is 0 Å². The Balaban J connectivity index is 1.38. The van der Waals surface area contributed by atoms with E-state index in [0.717, 1.165) is 32.4 Å². The zero-order valence-electron chi connectivity index (χ0n) is 15.4. The van der Waals surface area contributed by atoms with E-state index in [1.807, 2.05) is 4.90 Å². The summed E-state index contributed by atoms with van der Waals surface area (Å²) in [4.78, 5) is 29.1. The normalized spacial score (nSPS) is 26.5. The van der Waals surface area contributed by atoms with E-state index < -0.39 is 0 Å². The molecule has 5 heteroatoms. The molecule has 0 aromatic carbocycles. The van der Waals surface area contributed by atoms with Crippen LogP contribution in [0.15, 0.2) is 34.5 Å². The standard InChI is InChI=1S/C21H28N2O3/c24-20-9-8-17-15-22(21(25)19-7-4-14-26-19)12-11-18(17)23(20)13-10-16-5-2-1-3-6-16/h4-5,7,14,17-18H,1-3,6,8-13,15H2/t17-,18+/m0/s1. The Morgan fingerprint density at radius 3 is 2.92 bits per heavy atom. The topological polar surface area (TPSA) is 53.8 Å². The molecule has 1 aromatic rings. The molecule has 0 N–H and O–H groups in total. The maximum absolute atomic E-state index is 12.6. The van der Waals surface area contributed by atoms with Gasteiger partial charge < -0.3 is 14.2 Å². The highest BCUT2D eigenvalue weighted by atomic mass is 16.3. The first kappa shape index (κ1) is 17.4. The van der Waals surface area contributed by atoms with Crippen LogP contribution in [0.3, 0.4) is 0 Å². The Kier molecular flexibility index (Phi) is 5.14. The van der Waals surface area contributed by atoms with Gasteiger partial charge in [0.05, 0.1) is 6.26 Å². The van der Waals surface area contributed by atoms with Crippen molar-refractivity contribution in [1.29, 1.82) is 0 Å². The number of rotatable bonds is 4. The summed E-state index contributed by atoms with van der Waals surface area (Å²) in [5.74, 6) is 1.08. The molecule has 26 heavy (non-hydrogen) atoms. The second-order valence-electron chi connectivity index (χ2n) is 7.83. The molecule has 5 nitrogen and oxygen atoms in total. The summed E-state index contributed by atoms with van der Waals surface area (Å²) in [6, 6.07) is 3.77. The molecule has 4 rings (SSSR count). The number of likely N-dealkylation sites (tertiary alicyclic amines) is 2. The van der Waals surface area contributed by atoms with Crippen LogP contribution in [0.2, 0.25) is 0 Å². The maximum Gasteiger partial charge on any atom is 0.289 e. The Morgan fingerprint density at radius 2 is 2.15 bits per heavy atom. The molecular weight excluding hydrogens is 328 g/mol. The lowest BCUT2D eigenvalue weighted by Gasteiger charge is -2.47. The van der Waals surface area contributed by atoms with Gasteiger partial charge in [0.25, 0.3) is 5.91 Å². The minimum atomic E-state index is -0.0238. The quantitative estimate of drug-likeness (QED) is 0.774. The smallest absolute Gasteiger partial charge is 0.289 e. The van der Waals surface area contributed by atoms with Gasteiger partial charge in [-0.05, 0) is 63.0 Å². The molecule has 3 aliphatic rings. The molecule has 2 atom stereocenters. The average molecular weight is 356 g/mol. The molecule has 1 aromatic heterocycles. The second-order valence-corrected chi connectivity index (χ2v) is 7.83. The molecular formula is C21H28N2O3. The van der Waals surface area contributed by atoms with E-state index in [4.69, 9.17) is 4.42 Å². The highest BCUT2D eigenvalue weighted by molar-refractivity contribution is 5.91. The van der Waals surface area contributed by atoms with Gasteiger partial charge in [0.2, 0.25) is 5.91 Å². The van der Waals surface area contributed by atoms with Crippen molar-refractivity contribution < 1.29 is 14.0 Å². The fraction of sp³-hybridized carbons (Fsp3) is 0.619. The van der Waals surface area contributed by atoms with Crippen molar-refractivity contribution in [2.75, 3.05) is 19.6 Å². The number of amides is 2. The number of piperidine rings is 2. The zero-order valence-corrected chi connectivity index (χ0v) is 15.4. The summed E-state index contributed by atoms with van der Waals surface area (Å²) in [6.45, 7) is 2.28. The second kappa shape index (κ2) is 7.68.